The molecule has 17 heavy (non-hydrogen) atoms. The molecule has 1 aromatic carbocycles. The van der Waals surface area contributed by atoms with Crippen molar-refractivity contribution in [3.63, 3.8) is 0 Å². The normalized spacial score (nSPS) is 10.1. The van der Waals surface area contributed by atoms with Crippen LogP contribution in [0.25, 0.3) is 0 Å². The summed E-state index contributed by atoms with van der Waals surface area (Å²) >= 11 is 1.83. The minimum absolute atomic E-state index is 0.0244. The minimum Gasteiger partial charge on any atom is -0.493 e. The van der Waals surface area contributed by atoms with Crippen molar-refractivity contribution < 1.29 is 14.3 Å². The zero-order valence-corrected chi connectivity index (χ0v) is 11.3. The number of rotatable bonds is 7. The summed E-state index contributed by atoms with van der Waals surface area (Å²) in [4.78, 5) is 11.2. The molecule has 0 saturated carbocycles. The quantitative estimate of drug-likeness (QED) is 0.553. The van der Waals surface area contributed by atoms with E-state index in [0.29, 0.717) is 23.7 Å². The Labute approximate surface area is 106 Å². The first-order chi connectivity index (χ1) is 8.19. The maximum atomic E-state index is 11.2. The molecule has 0 amide bonds. The summed E-state index contributed by atoms with van der Waals surface area (Å²) in [6, 6.07) is 5.25. The molecule has 0 N–H and O–H groups in total. The van der Waals surface area contributed by atoms with Gasteiger partial charge in [-0.2, -0.15) is 11.8 Å². The Hall–Kier alpha value is -1.16. The van der Waals surface area contributed by atoms with Crippen LogP contribution in [0.4, 0.5) is 0 Å². The summed E-state index contributed by atoms with van der Waals surface area (Å²) in [5.74, 6) is 3.36. The number of carbonyl (C=O) groups is 1. The van der Waals surface area contributed by atoms with Gasteiger partial charge < -0.3 is 9.47 Å². The first-order valence-electron chi connectivity index (χ1n) is 5.58. The van der Waals surface area contributed by atoms with Gasteiger partial charge in [0.2, 0.25) is 0 Å². The Morgan fingerprint density at radius 1 is 1.35 bits per heavy atom. The van der Waals surface area contributed by atoms with E-state index in [2.05, 4.69) is 6.92 Å². The molecule has 0 aliphatic rings. The van der Waals surface area contributed by atoms with Crippen molar-refractivity contribution in [3.05, 3.63) is 23.8 Å². The molecule has 4 heteroatoms. The van der Waals surface area contributed by atoms with Gasteiger partial charge in [-0.15, -0.1) is 0 Å². The fourth-order valence-electron chi connectivity index (χ4n) is 1.36. The molecule has 3 nitrogen and oxygen atoms in total. The lowest BCUT2D eigenvalue weighted by molar-refractivity contribution is 0.101. The average molecular weight is 254 g/mol. The van der Waals surface area contributed by atoms with E-state index >= 15 is 0 Å². The zero-order chi connectivity index (χ0) is 12.7. The summed E-state index contributed by atoms with van der Waals surface area (Å²) < 4.78 is 10.8. The van der Waals surface area contributed by atoms with Gasteiger partial charge in [0, 0.05) is 11.3 Å². The van der Waals surface area contributed by atoms with Gasteiger partial charge in [-0.05, 0) is 30.9 Å². The Morgan fingerprint density at radius 3 is 2.71 bits per heavy atom. The van der Waals surface area contributed by atoms with Crippen LogP contribution < -0.4 is 9.47 Å². The Balaban J connectivity index is 2.68. The van der Waals surface area contributed by atoms with Crippen molar-refractivity contribution in [2.45, 2.75) is 13.8 Å². The van der Waals surface area contributed by atoms with Crippen LogP contribution in [0.3, 0.4) is 0 Å². The highest BCUT2D eigenvalue weighted by molar-refractivity contribution is 7.99. The number of methoxy groups -OCH3 is 1. The van der Waals surface area contributed by atoms with Crippen LogP contribution in [0.15, 0.2) is 18.2 Å². The van der Waals surface area contributed by atoms with Crippen LogP contribution in [-0.2, 0) is 0 Å². The third kappa shape index (κ3) is 4.30. The molecule has 1 aromatic rings. The van der Waals surface area contributed by atoms with Crippen LogP contribution in [0, 0.1) is 0 Å². The first kappa shape index (κ1) is 13.9. The van der Waals surface area contributed by atoms with Crippen LogP contribution in [0.2, 0.25) is 0 Å². The fraction of sp³-hybridized carbons (Fsp3) is 0.462. The lowest BCUT2D eigenvalue weighted by Gasteiger charge is -2.11. The largest absolute Gasteiger partial charge is 0.493 e. The average Bonchev–Trinajstić information content (AvgIpc) is 2.34. The number of carbonyl (C=O) groups excluding carboxylic acids is 1. The van der Waals surface area contributed by atoms with Gasteiger partial charge in [0.15, 0.2) is 17.3 Å². The number of Topliss-reactive ketones (excluding diaryl/α,β-unsaturated/α-hetero) is 1. The molecule has 0 saturated heterocycles. The summed E-state index contributed by atoms with van der Waals surface area (Å²) in [6.45, 7) is 4.30. The second-order valence-corrected chi connectivity index (χ2v) is 4.86. The van der Waals surface area contributed by atoms with E-state index in [1.54, 1.807) is 25.3 Å². The third-order valence-corrected chi connectivity index (χ3v) is 3.12. The van der Waals surface area contributed by atoms with Crippen molar-refractivity contribution in [3.8, 4) is 11.5 Å². The molecule has 0 spiro atoms. The van der Waals surface area contributed by atoms with Gasteiger partial charge in [0.1, 0.15) is 0 Å². The fourth-order valence-corrected chi connectivity index (χ4v) is 1.85. The number of thioether (sulfide) groups is 1. The number of benzene rings is 1. The molecule has 0 bridgehead atoms. The Bertz CT molecular complexity index is 377. The number of ether oxygens (including phenoxy) is 2. The smallest absolute Gasteiger partial charge is 0.161 e. The molecule has 0 aliphatic carbocycles. The van der Waals surface area contributed by atoms with Gasteiger partial charge in [-0.1, -0.05) is 6.92 Å². The van der Waals surface area contributed by atoms with E-state index in [4.69, 9.17) is 9.47 Å². The van der Waals surface area contributed by atoms with Crippen LogP contribution in [0.5, 0.6) is 11.5 Å². The van der Waals surface area contributed by atoms with Crippen molar-refractivity contribution >= 4 is 17.5 Å². The van der Waals surface area contributed by atoms with Gasteiger partial charge in [0.05, 0.1) is 13.7 Å². The van der Waals surface area contributed by atoms with E-state index in [1.165, 1.54) is 6.92 Å². The van der Waals surface area contributed by atoms with E-state index in [0.717, 1.165) is 11.5 Å². The van der Waals surface area contributed by atoms with E-state index < -0.39 is 0 Å². The predicted octanol–water partition coefficient (Wildman–Crippen LogP) is 3.03. The molecular formula is C13H18O3S. The molecule has 0 unspecified atom stereocenters. The van der Waals surface area contributed by atoms with E-state index in [-0.39, 0.29) is 5.78 Å². The number of ketones is 1. The van der Waals surface area contributed by atoms with Crippen LogP contribution >= 0.6 is 11.8 Å². The summed E-state index contributed by atoms with van der Waals surface area (Å²) in [7, 11) is 1.58. The van der Waals surface area contributed by atoms with Gasteiger partial charge in [0.25, 0.3) is 0 Å². The monoisotopic (exact) mass is 254 g/mol. The number of hydrogen-bond acceptors (Lipinski definition) is 4. The minimum atomic E-state index is 0.0244. The molecule has 1 rings (SSSR count). The van der Waals surface area contributed by atoms with E-state index in [9.17, 15) is 4.79 Å². The standard InChI is InChI=1S/C13H18O3S/c1-4-17-8-7-16-12-6-5-11(10(2)14)9-13(12)15-3/h5-6,9H,4,7-8H2,1-3H3. The zero-order valence-electron chi connectivity index (χ0n) is 10.5. The van der Waals surface area contributed by atoms with Crippen LogP contribution in [0.1, 0.15) is 24.2 Å². The number of hydrogen-bond donors (Lipinski definition) is 0. The van der Waals surface area contributed by atoms with Crippen molar-refractivity contribution in [1.82, 2.24) is 0 Å². The molecule has 0 aliphatic heterocycles. The van der Waals surface area contributed by atoms with E-state index in [1.807, 2.05) is 11.8 Å². The molecular weight excluding hydrogens is 236 g/mol. The summed E-state index contributed by atoms with van der Waals surface area (Å²) in [5, 5.41) is 0. The second-order valence-electron chi connectivity index (χ2n) is 3.47. The Morgan fingerprint density at radius 2 is 2.12 bits per heavy atom. The third-order valence-electron chi connectivity index (χ3n) is 2.26. The Kier molecular flexibility index (Phi) is 5.91. The second kappa shape index (κ2) is 7.22. The summed E-state index contributed by atoms with van der Waals surface area (Å²) in [6.07, 6.45) is 0. The lowest BCUT2D eigenvalue weighted by atomic mass is 10.1. The van der Waals surface area contributed by atoms with Crippen LogP contribution in [-0.4, -0.2) is 31.0 Å². The molecule has 0 heterocycles. The highest BCUT2D eigenvalue weighted by atomic mass is 32.2. The highest BCUT2D eigenvalue weighted by Gasteiger charge is 2.07. The maximum Gasteiger partial charge on any atom is 0.161 e. The van der Waals surface area contributed by atoms with Crippen molar-refractivity contribution in [2.24, 2.45) is 0 Å². The van der Waals surface area contributed by atoms with Gasteiger partial charge in [-0.25, -0.2) is 0 Å². The predicted molar refractivity (Wildman–Crippen MR) is 71.5 cm³/mol. The highest BCUT2D eigenvalue weighted by Crippen LogP contribution is 2.28. The molecule has 0 radical (unpaired) electrons. The molecule has 0 atom stereocenters. The van der Waals surface area contributed by atoms with Crippen molar-refractivity contribution in [1.29, 1.82) is 0 Å². The molecule has 0 aromatic heterocycles. The van der Waals surface area contributed by atoms with Gasteiger partial charge in [-0.3, -0.25) is 4.79 Å². The van der Waals surface area contributed by atoms with Gasteiger partial charge >= 0.3 is 0 Å². The maximum absolute atomic E-state index is 11.2. The SMILES string of the molecule is CCSCCOc1ccc(C(C)=O)cc1OC. The van der Waals surface area contributed by atoms with Crippen molar-refractivity contribution in [2.75, 3.05) is 25.2 Å². The molecule has 94 valence electrons. The molecule has 0 fully saturated rings. The summed E-state index contributed by atoms with van der Waals surface area (Å²) in [5.41, 5.74) is 0.636. The lowest BCUT2D eigenvalue weighted by Crippen LogP contribution is -2.03. The first-order valence-corrected chi connectivity index (χ1v) is 6.74. The topological polar surface area (TPSA) is 35.5 Å².